The van der Waals surface area contributed by atoms with E-state index in [1.54, 1.807) is 18.2 Å². The van der Waals surface area contributed by atoms with Gasteiger partial charge in [-0.2, -0.15) is 0 Å². The Morgan fingerprint density at radius 1 is 1.10 bits per heavy atom. The third-order valence-corrected chi connectivity index (χ3v) is 3.28. The van der Waals surface area contributed by atoms with Gasteiger partial charge in [-0.1, -0.05) is 18.2 Å². The lowest BCUT2D eigenvalue weighted by Crippen LogP contribution is -2.27. The van der Waals surface area contributed by atoms with E-state index in [2.05, 4.69) is 4.99 Å². The van der Waals surface area contributed by atoms with E-state index in [9.17, 15) is 8.78 Å². The van der Waals surface area contributed by atoms with Crippen LogP contribution in [-0.4, -0.2) is 24.5 Å². The summed E-state index contributed by atoms with van der Waals surface area (Å²) in [6.07, 6.45) is 0. The van der Waals surface area contributed by atoms with Crippen molar-refractivity contribution in [1.29, 1.82) is 0 Å². The molecule has 0 aromatic heterocycles. The fourth-order valence-electron chi connectivity index (χ4n) is 2.24. The lowest BCUT2D eigenvalue weighted by Gasteiger charge is -2.14. The van der Waals surface area contributed by atoms with E-state index in [0.29, 0.717) is 18.3 Å². The average Bonchev–Trinajstić information content (AvgIpc) is 2.80. The minimum Gasteiger partial charge on any atom is -0.426 e. The summed E-state index contributed by atoms with van der Waals surface area (Å²) in [5, 5.41) is 0. The molecule has 1 heterocycles. The summed E-state index contributed by atoms with van der Waals surface area (Å²) >= 11 is 0. The molecule has 3 rings (SSSR count). The third kappa shape index (κ3) is 3.02. The monoisotopic (exact) mass is 288 g/mol. The first-order chi connectivity index (χ1) is 10.1. The number of nitrogens with zero attached hydrogens (tertiary/aromatic N) is 2. The molecule has 1 unspecified atom stereocenters. The van der Waals surface area contributed by atoms with Crippen LogP contribution in [0.4, 0.5) is 8.78 Å². The highest BCUT2D eigenvalue weighted by Crippen LogP contribution is 2.25. The lowest BCUT2D eigenvalue weighted by molar-refractivity contribution is 0.410. The van der Waals surface area contributed by atoms with Gasteiger partial charge in [0.1, 0.15) is 17.4 Å². The summed E-state index contributed by atoms with van der Waals surface area (Å²) in [4.78, 5) is 6.26. The van der Waals surface area contributed by atoms with Crippen LogP contribution in [0.3, 0.4) is 0 Å². The van der Waals surface area contributed by atoms with Gasteiger partial charge in [-0.25, -0.2) is 13.8 Å². The summed E-state index contributed by atoms with van der Waals surface area (Å²) in [7, 11) is 1.83. The zero-order chi connectivity index (χ0) is 14.8. The van der Waals surface area contributed by atoms with E-state index >= 15 is 0 Å². The minimum absolute atomic E-state index is 0.186. The predicted molar refractivity (Wildman–Crippen MR) is 76.2 cm³/mol. The van der Waals surface area contributed by atoms with Crippen molar-refractivity contribution in [3.63, 3.8) is 0 Å². The van der Waals surface area contributed by atoms with Crippen LogP contribution in [0.15, 0.2) is 53.5 Å². The van der Waals surface area contributed by atoms with Gasteiger partial charge in [0.15, 0.2) is 0 Å². The molecule has 108 valence electrons. The molecule has 0 radical (unpaired) electrons. The summed E-state index contributed by atoms with van der Waals surface area (Å²) in [5.41, 5.74) is 0.791. The van der Waals surface area contributed by atoms with Gasteiger partial charge < -0.3 is 9.64 Å². The van der Waals surface area contributed by atoms with E-state index < -0.39 is 0 Å². The first-order valence-corrected chi connectivity index (χ1v) is 6.59. The summed E-state index contributed by atoms with van der Waals surface area (Å²) < 4.78 is 32.0. The van der Waals surface area contributed by atoms with Crippen molar-refractivity contribution >= 4 is 6.02 Å². The number of benzene rings is 2. The quantitative estimate of drug-likeness (QED) is 0.846. The molecule has 1 aliphatic heterocycles. The Morgan fingerprint density at radius 2 is 1.81 bits per heavy atom. The SMILES string of the molecule is CN1CC(c2cccc(F)c2)N=C1Oc1cccc(F)c1. The molecule has 0 amide bonds. The van der Waals surface area contributed by atoms with Crippen LogP contribution in [0.2, 0.25) is 0 Å². The van der Waals surface area contributed by atoms with Gasteiger partial charge in [0.2, 0.25) is 0 Å². The van der Waals surface area contributed by atoms with Crippen LogP contribution < -0.4 is 4.74 Å². The molecule has 2 aromatic rings. The maximum absolute atomic E-state index is 13.3. The molecule has 21 heavy (non-hydrogen) atoms. The predicted octanol–water partition coefficient (Wildman–Crippen LogP) is 3.39. The van der Waals surface area contributed by atoms with Crippen molar-refractivity contribution in [2.45, 2.75) is 6.04 Å². The smallest absolute Gasteiger partial charge is 0.293 e. The molecule has 5 heteroatoms. The highest BCUT2D eigenvalue weighted by molar-refractivity contribution is 5.78. The highest BCUT2D eigenvalue weighted by atomic mass is 19.1. The van der Waals surface area contributed by atoms with Crippen LogP contribution >= 0.6 is 0 Å². The van der Waals surface area contributed by atoms with E-state index in [0.717, 1.165) is 5.56 Å². The van der Waals surface area contributed by atoms with Crippen LogP contribution in [0.1, 0.15) is 11.6 Å². The lowest BCUT2D eigenvalue weighted by atomic mass is 10.1. The topological polar surface area (TPSA) is 24.8 Å². The van der Waals surface area contributed by atoms with Crippen LogP contribution in [0.5, 0.6) is 5.75 Å². The maximum atomic E-state index is 13.3. The molecule has 0 saturated heterocycles. The second kappa shape index (κ2) is 5.52. The molecule has 0 bridgehead atoms. The fourth-order valence-corrected chi connectivity index (χ4v) is 2.24. The molecule has 3 nitrogen and oxygen atoms in total. The molecule has 1 atom stereocenters. The zero-order valence-corrected chi connectivity index (χ0v) is 11.5. The Bertz CT molecular complexity index is 687. The summed E-state index contributed by atoms with van der Waals surface area (Å²) in [5.74, 6) is -0.263. The molecule has 0 N–H and O–H groups in total. The van der Waals surface area contributed by atoms with Crippen molar-refractivity contribution in [3.05, 3.63) is 65.7 Å². The van der Waals surface area contributed by atoms with Crippen molar-refractivity contribution in [1.82, 2.24) is 4.90 Å². The second-order valence-electron chi connectivity index (χ2n) is 4.92. The standard InChI is InChI=1S/C16H14F2N2O/c1-20-10-15(11-4-2-5-12(17)8-11)19-16(20)21-14-7-3-6-13(18)9-14/h2-9,15H,10H2,1H3. The normalized spacial score (nSPS) is 17.8. The number of amidine groups is 1. The van der Waals surface area contributed by atoms with Crippen molar-refractivity contribution in [2.75, 3.05) is 13.6 Å². The van der Waals surface area contributed by atoms with Gasteiger partial charge in [0.25, 0.3) is 6.02 Å². The van der Waals surface area contributed by atoms with E-state index in [1.165, 1.54) is 24.3 Å². The fraction of sp³-hybridized carbons (Fsp3) is 0.188. The molecule has 0 saturated carbocycles. The zero-order valence-electron chi connectivity index (χ0n) is 11.5. The molecule has 2 aromatic carbocycles. The van der Waals surface area contributed by atoms with Gasteiger partial charge >= 0.3 is 0 Å². The Labute approximate surface area is 121 Å². The number of rotatable bonds is 2. The number of hydrogen-bond donors (Lipinski definition) is 0. The second-order valence-corrected chi connectivity index (χ2v) is 4.92. The largest absolute Gasteiger partial charge is 0.426 e. The molecular formula is C16H14F2N2O. The molecule has 0 aliphatic carbocycles. The summed E-state index contributed by atoms with van der Waals surface area (Å²) in [6.45, 7) is 0.591. The van der Waals surface area contributed by atoms with E-state index in [1.807, 2.05) is 18.0 Å². The Balaban J connectivity index is 1.81. The third-order valence-electron chi connectivity index (χ3n) is 3.28. The van der Waals surface area contributed by atoms with Gasteiger partial charge in [-0.05, 0) is 29.8 Å². The van der Waals surface area contributed by atoms with Crippen LogP contribution in [0, 0.1) is 11.6 Å². The first kappa shape index (κ1) is 13.5. The number of aliphatic imine (C=N–C) groups is 1. The van der Waals surface area contributed by atoms with Crippen LogP contribution in [0.25, 0.3) is 0 Å². The van der Waals surface area contributed by atoms with Gasteiger partial charge in [-0.15, -0.1) is 0 Å². The maximum Gasteiger partial charge on any atom is 0.293 e. The molecule has 0 fully saturated rings. The van der Waals surface area contributed by atoms with Crippen molar-refractivity contribution in [3.8, 4) is 5.75 Å². The van der Waals surface area contributed by atoms with Gasteiger partial charge in [-0.3, -0.25) is 0 Å². The minimum atomic E-state index is -0.365. The molecular weight excluding hydrogens is 274 g/mol. The van der Waals surface area contributed by atoms with Gasteiger partial charge in [0.05, 0.1) is 6.04 Å². The summed E-state index contributed by atoms with van der Waals surface area (Å²) in [6, 6.07) is 12.4. The molecule has 0 spiro atoms. The van der Waals surface area contributed by atoms with Crippen molar-refractivity contribution < 1.29 is 13.5 Å². The molecule has 1 aliphatic rings. The Hall–Kier alpha value is -2.43. The number of halogens is 2. The van der Waals surface area contributed by atoms with E-state index in [-0.39, 0.29) is 17.7 Å². The Morgan fingerprint density at radius 3 is 2.52 bits per heavy atom. The van der Waals surface area contributed by atoms with Crippen LogP contribution in [-0.2, 0) is 0 Å². The number of likely N-dealkylation sites (N-methyl/N-ethyl adjacent to an activating group) is 1. The first-order valence-electron chi connectivity index (χ1n) is 6.59. The Kier molecular flexibility index (Phi) is 3.56. The number of hydrogen-bond acceptors (Lipinski definition) is 3. The highest BCUT2D eigenvalue weighted by Gasteiger charge is 2.25. The number of ether oxygens (including phenoxy) is 1. The average molecular weight is 288 g/mol. The van der Waals surface area contributed by atoms with E-state index in [4.69, 9.17) is 4.74 Å². The van der Waals surface area contributed by atoms with Crippen molar-refractivity contribution in [2.24, 2.45) is 4.99 Å². The van der Waals surface area contributed by atoms with Gasteiger partial charge in [0, 0.05) is 19.7 Å².